The van der Waals surface area contributed by atoms with Gasteiger partial charge >= 0.3 is 39.5 Å². The Bertz CT molecular complexity index is 1900. The molecule has 3 N–H and O–H groups in total. The summed E-state index contributed by atoms with van der Waals surface area (Å²) in [6.07, 6.45) is 52.9. The molecule has 0 aromatic heterocycles. The highest BCUT2D eigenvalue weighted by molar-refractivity contribution is 7.47. The van der Waals surface area contributed by atoms with Crippen molar-refractivity contribution in [3.8, 4) is 0 Å². The fourth-order valence-corrected chi connectivity index (χ4v) is 13.5. The van der Waals surface area contributed by atoms with Crippen LogP contribution >= 0.6 is 15.6 Å². The molecular formula is C78H152O17P2. The summed E-state index contributed by atoms with van der Waals surface area (Å²) in [4.78, 5) is 72.8. The van der Waals surface area contributed by atoms with Gasteiger partial charge in [0.1, 0.15) is 19.3 Å². The molecule has 0 saturated heterocycles. The fourth-order valence-electron chi connectivity index (χ4n) is 11.9. The number of hydrogen-bond donors (Lipinski definition) is 3. The minimum atomic E-state index is -4.96. The third kappa shape index (κ3) is 72.2. The molecule has 0 spiro atoms. The molecule has 0 aromatic rings. The third-order valence-corrected chi connectivity index (χ3v) is 20.0. The van der Waals surface area contributed by atoms with Crippen LogP contribution in [-0.4, -0.2) is 96.7 Å². The molecule has 17 nitrogen and oxygen atoms in total. The van der Waals surface area contributed by atoms with Crippen LogP contribution in [0, 0.1) is 23.7 Å². The van der Waals surface area contributed by atoms with Gasteiger partial charge in [-0.25, -0.2) is 9.13 Å². The molecule has 0 aliphatic rings. The highest BCUT2D eigenvalue weighted by Gasteiger charge is 2.30. The van der Waals surface area contributed by atoms with Gasteiger partial charge in [0.25, 0.3) is 0 Å². The molecule has 0 aromatic carbocycles. The average molecular weight is 1420 g/mol. The predicted octanol–water partition coefficient (Wildman–Crippen LogP) is 22.8. The number of carbonyl (C=O) groups is 4. The smallest absolute Gasteiger partial charge is 0.462 e. The van der Waals surface area contributed by atoms with Gasteiger partial charge in [-0.15, -0.1) is 0 Å². The van der Waals surface area contributed by atoms with Gasteiger partial charge < -0.3 is 33.8 Å². The number of phosphoric ester groups is 2. The average Bonchev–Trinajstić information content (AvgIpc) is 1.27. The Balaban J connectivity index is 5.22. The maximum absolute atomic E-state index is 13.1. The van der Waals surface area contributed by atoms with E-state index in [9.17, 15) is 43.2 Å². The van der Waals surface area contributed by atoms with Crippen LogP contribution in [-0.2, 0) is 65.4 Å². The van der Waals surface area contributed by atoms with Crippen LogP contribution in [0.4, 0.5) is 0 Å². The normalized spacial score (nSPS) is 14.1. The molecule has 97 heavy (non-hydrogen) atoms. The van der Waals surface area contributed by atoms with E-state index in [1.54, 1.807) is 0 Å². The largest absolute Gasteiger partial charge is 0.472 e. The van der Waals surface area contributed by atoms with Gasteiger partial charge in [-0.05, 0) is 49.4 Å². The van der Waals surface area contributed by atoms with Gasteiger partial charge in [-0.1, -0.05) is 344 Å². The quantitative estimate of drug-likeness (QED) is 0.0222. The lowest BCUT2D eigenvalue weighted by molar-refractivity contribution is -0.161. The van der Waals surface area contributed by atoms with E-state index in [1.165, 1.54) is 199 Å². The van der Waals surface area contributed by atoms with Crippen molar-refractivity contribution in [2.45, 2.75) is 414 Å². The lowest BCUT2D eigenvalue weighted by atomic mass is 10.0. The van der Waals surface area contributed by atoms with Crippen LogP contribution in [0.2, 0.25) is 0 Å². The molecule has 0 radical (unpaired) electrons. The minimum Gasteiger partial charge on any atom is -0.462 e. The molecule has 0 aliphatic carbocycles. The molecule has 19 heteroatoms. The number of esters is 4. The molecule has 0 fully saturated rings. The van der Waals surface area contributed by atoms with Crippen molar-refractivity contribution in [2.75, 3.05) is 39.6 Å². The zero-order valence-electron chi connectivity index (χ0n) is 63.7. The molecular weight excluding hydrogens is 1270 g/mol. The second kappa shape index (κ2) is 67.2. The summed E-state index contributed by atoms with van der Waals surface area (Å²) in [5.41, 5.74) is 0. The van der Waals surface area contributed by atoms with E-state index in [4.69, 9.17) is 37.0 Å². The number of aliphatic hydroxyl groups excluding tert-OH is 1. The number of rotatable bonds is 75. The molecule has 0 amide bonds. The first kappa shape index (κ1) is 95.1. The Kier molecular flexibility index (Phi) is 65.9. The Morgan fingerprint density at radius 3 is 0.639 bits per heavy atom. The number of carbonyl (C=O) groups excluding carboxylic acids is 4. The molecule has 0 saturated carbocycles. The van der Waals surface area contributed by atoms with Gasteiger partial charge in [-0.3, -0.25) is 37.3 Å². The van der Waals surface area contributed by atoms with Gasteiger partial charge in [0.2, 0.25) is 0 Å². The minimum absolute atomic E-state index is 0.103. The first-order valence-electron chi connectivity index (χ1n) is 40.2. The summed E-state index contributed by atoms with van der Waals surface area (Å²) in [6, 6.07) is 0. The van der Waals surface area contributed by atoms with Crippen LogP contribution in [0.5, 0.6) is 0 Å². The Hall–Kier alpha value is -1.94. The van der Waals surface area contributed by atoms with E-state index < -0.39 is 97.5 Å². The first-order chi connectivity index (χ1) is 46.6. The van der Waals surface area contributed by atoms with E-state index >= 15 is 0 Å². The topological polar surface area (TPSA) is 237 Å². The zero-order valence-corrected chi connectivity index (χ0v) is 65.5. The van der Waals surface area contributed by atoms with Crippen LogP contribution in [0.1, 0.15) is 396 Å². The number of hydrogen-bond acceptors (Lipinski definition) is 15. The van der Waals surface area contributed by atoms with Crippen molar-refractivity contribution in [2.24, 2.45) is 23.7 Å². The van der Waals surface area contributed by atoms with E-state index in [1.807, 2.05) is 0 Å². The Labute approximate surface area is 594 Å². The first-order valence-corrected chi connectivity index (χ1v) is 43.2. The SMILES string of the molecule is CC(C)CCCCCCCCCCCCCCCCCC(=O)OC[C@H](COP(=O)(O)OCC(O)COP(=O)(O)OC[C@@H](COC(=O)CCCCCCCCCCC(C)C)OC(=O)CCCCCCCCCC(C)C)OC(=O)CCCCCCCCCCCCCCCCCC(C)C. The number of unbranched alkanes of at least 4 members (excludes halogenated alkanes) is 41. The summed E-state index contributed by atoms with van der Waals surface area (Å²) in [6.45, 7) is 14.2. The van der Waals surface area contributed by atoms with E-state index in [0.29, 0.717) is 31.6 Å². The van der Waals surface area contributed by atoms with Crippen molar-refractivity contribution in [1.82, 2.24) is 0 Å². The molecule has 0 aliphatic heterocycles. The number of ether oxygens (including phenoxy) is 4. The summed E-state index contributed by atoms with van der Waals surface area (Å²) in [7, 11) is -9.91. The third-order valence-electron chi connectivity index (χ3n) is 18.1. The van der Waals surface area contributed by atoms with E-state index in [0.717, 1.165) is 108 Å². The van der Waals surface area contributed by atoms with Crippen LogP contribution in [0.25, 0.3) is 0 Å². The summed E-state index contributed by atoms with van der Waals surface area (Å²) >= 11 is 0. The number of aliphatic hydroxyl groups is 1. The van der Waals surface area contributed by atoms with E-state index in [2.05, 4.69) is 55.4 Å². The molecule has 576 valence electrons. The second-order valence-electron chi connectivity index (χ2n) is 30.0. The maximum atomic E-state index is 13.1. The highest BCUT2D eigenvalue weighted by Crippen LogP contribution is 2.45. The van der Waals surface area contributed by atoms with Crippen molar-refractivity contribution in [3.05, 3.63) is 0 Å². The van der Waals surface area contributed by atoms with Crippen molar-refractivity contribution < 1.29 is 80.2 Å². The highest BCUT2D eigenvalue weighted by atomic mass is 31.2. The molecule has 0 rings (SSSR count). The van der Waals surface area contributed by atoms with Gasteiger partial charge in [0, 0.05) is 25.7 Å². The Morgan fingerprint density at radius 2 is 0.433 bits per heavy atom. The predicted molar refractivity (Wildman–Crippen MR) is 395 cm³/mol. The zero-order chi connectivity index (χ0) is 71.7. The second-order valence-corrected chi connectivity index (χ2v) is 32.9. The lowest BCUT2D eigenvalue weighted by Crippen LogP contribution is -2.30. The molecule has 5 atom stereocenters. The monoisotopic (exact) mass is 1420 g/mol. The molecule has 3 unspecified atom stereocenters. The van der Waals surface area contributed by atoms with Crippen LogP contribution in [0.15, 0.2) is 0 Å². The molecule has 0 bridgehead atoms. The summed E-state index contributed by atoms with van der Waals surface area (Å²) in [5.74, 6) is 0.910. The van der Waals surface area contributed by atoms with Gasteiger partial charge in [0.05, 0.1) is 26.4 Å². The van der Waals surface area contributed by atoms with Crippen molar-refractivity contribution in [1.29, 1.82) is 0 Å². The fraction of sp³-hybridized carbons (Fsp3) is 0.949. The number of phosphoric acid groups is 2. The summed E-state index contributed by atoms with van der Waals surface area (Å²) < 4.78 is 68.6. The van der Waals surface area contributed by atoms with E-state index in [-0.39, 0.29) is 25.7 Å². The van der Waals surface area contributed by atoms with Gasteiger partial charge in [-0.2, -0.15) is 0 Å². The van der Waals surface area contributed by atoms with Gasteiger partial charge in [0.15, 0.2) is 12.2 Å². The summed E-state index contributed by atoms with van der Waals surface area (Å²) in [5, 5.41) is 10.6. The van der Waals surface area contributed by atoms with Crippen LogP contribution in [0.3, 0.4) is 0 Å². The van der Waals surface area contributed by atoms with Crippen molar-refractivity contribution in [3.63, 3.8) is 0 Å². The van der Waals surface area contributed by atoms with Crippen LogP contribution < -0.4 is 0 Å². The lowest BCUT2D eigenvalue weighted by Gasteiger charge is -2.21. The standard InChI is InChI=1S/C78H152O17P2/c1-68(2)54-46-38-30-23-19-15-11-9-13-17-21-25-34-42-50-58-75(80)88-64-73(94-77(82)60-52-44-36-26-22-18-14-10-12-16-20-24-31-39-47-55-69(3)4)66-92-96(84,85)90-62-72(79)63-91-97(86,87)93-67-74(95-78(83)61-53-45-37-29-33-41-49-57-71(7)8)65-89-76(81)59-51-43-35-28-27-32-40-48-56-70(5)6/h68-74,79H,9-67H2,1-8H3,(H,84,85)(H,86,87)/t72?,73-,74-/m1/s1. The van der Waals surface area contributed by atoms with Crippen molar-refractivity contribution >= 4 is 39.5 Å². The molecule has 0 heterocycles. The maximum Gasteiger partial charge on any atom is 0.472 e. The Morgan fingerprint density at radius 1 is 0.258 bits per heavy atom.